The van der Waals surface area contributed by atoms with Crippen LogP contribution in [0.1, 0.15) is 19.8 Å². The van der Waals surface area contributed by atoms with Crippen molar-refractivity contribution in [2.24, 2.45) is 10.8 Å². The molecule has 0 aliphatic carbocycles. The lowest BCUT2D eigenvalue weighted by atomic mass is 10.2. The van der Waals surface area contributed by atoms with E-state index in [1.54, 1.807) is 0 Å². The Morgan fingerprint density at radius 1 is 1.65 bits per heavy atom. The fourth-order valence-corrected chi connectivity index (χ4v) is 3.02. The van der Waals surface area contributed by atoms with Crippen LogP contribution in [0.25, 0.3) is 0 Å². The highest BCUT2D eigenvalue weighted by molar-refractivity contribution is 7.99. The number of hydrazine groups is 1. The first-order valence-corrected chi connectivity index (χ1v) is 7.34. The fourth-order valence-electron chi connectivity index (χ4n) is 1.76. The van der Waals surface area contributed by atoms with Crippen LogP contribution in [-0.2, 0) is 4.74 Å². The van der Waals surface area contributed by atoms with E-state index in [1.807, 2.05) is 18.7 Å². The van der Waals surface area contributed by atoms with Gasteiger partial charge in [-0.05, 0) is 25.5 Å². The molecule has 0 saturated carbocycles. The Balaban J connectivity index is 2.31. The Bertz CT molecular complexity index is 232. The van der Waals surface area contributed by atoms with Gasteiger partial charge in [-0.25, -0.2) is 5.84 Å². The summed E-state index contributed by atoms with van der Waals surface area (Å²) in [6.45, 7) is 4.29. The lowest BCUT2D eigenvalue weighted by Crippen LogP contribution is -2.47. The van der Waals surface area contributed by atoms with E-state index in [2.05, 4.69) is 22.4 Å². The largest absolute Gasteiger partial charge is 0.382 e. The number of nitrogens with one attached hydrogen (secondary N) is 1. The monoisotopic (exact) mass is 260 g/mol. The van der Waals surface area contributed by atoms with Crippen molar-refractivity contribution in [1.29, 1.82) is 0 Å². The summed E-state index contributed by atoms with van der Waals surface area (Å²) in [6.07, 6.45) is 2.15. The van der Waals surface area contributed by atoms with Crippen molar-refractivity contribution in [3.63, 3.8) is 0 Å². The van der Waals surface area contributed by atoms with Gasteiger partial charge in [0.25, 0.3) is 0 Å². The van der Waals surface area contributed by atoms with Crippen molar-refractivity contribution in [2.75, 3.05) is 38.3 Å². The molecule has 1 rings (SSSR count). The highest BCUT2D eigenvalue weighted by atomic mass is 32.2. The van der Waals surface area contributed by atoms with Crippen LogP contribution in [-0.4, -0.2) is 55.2 Å². The van der Waals surface area contributed by atoms with Gasteiger partial charge < -0.3 is 9.64 Å². The molecule has 0 spiro atoms. The predicted octanol–water partition coefficient (Wildman–Crippen LogP) is 0.670. The second-order valence-corrected chi connectivity index (χ2v) is 5.18. The lowest BCUT2D eigenvalue weighted by molar-refractivity contribution is 0.146. The van der Waals surface area contributed by atoms with Crippen LogP contribution in [0.15, 0.2) is 4.99 Å². The third-order valence-corrected chi connectivity index (χ3v) is 3.97. The molecule has 3 N–H and O–H groups in total. The zero-order valence-electron chi connectivity index (χ0n) is 10.8. The van der Waals surface area contributed by atoms with Crippen molar-refractivity contribution in [2.45, 2.75) is 25.8 Å². The molecule has 0 amide bonds. The number of ether oxygens (including phenoxy) is 1. The second kappa shape index (κ2) is 8.60. The Labute approximate surface area is 108 Å². The maximum absolute atomic E-state index is 5.52. The molecule has 1 unspecified atom stereocenters. The predicted molar refractivity (Wildman–Crippen MR) is 74.2 cm³/mol. The molecule has 17 heavy (non-hydrogen) atoms. The Kier molecular flexibility index (Phi) is 7.39. The number of hydrogen-bond acceptors (Lipinski definition) is 4. The maximum Gasteiger partial charge on any atom is 0.208 e. The van der Waals surface area contributed by atoms with E-state index < -0.39 is 0 Å². The topological polar surface area (TPSA) is 62.9 Å². The number of guanidine groups is 1. The minimum absolute atomic E-state index is 0.557. The molecule has 0 aromatic rings. The molecular formula is C11H24N4OS. The van der Waals surface area contributed by atoms with Crippen LogP contribution in [0.4, 0.5) is 0 Å². The van der Waals surface area contributed by atoms with Crippen molar-refractivity contribution >= 4 is 17.7 Å². The van der Waals surface area contributed by atoms with E-state index in [4.69, 9.17) is 10.6 Å². The van der Waals surface area contributed by atoms with Gasteiger partial charge >= 0.3 is 0 Å². The molecule has 1 aliphatic heterocycles. The molecule has 1 atom stereocenters. The van der Waals surface area contributed by atoms with Gasteiger partial charge in [-0.15, -0.1) is 0 Å². The minimum Gasteiger partial charge on any atom is -0.382 e. The minimum atomic E-state index is 0.557. The smallest absolute Gasteiger partial charge is 0.208 e. The molecule has 1 saturated heterocycles. The van der Waals surface area contributed by atoms with Crippen LogP contribution in [0.3, 0.4) is 0 Å². The van der Waals surface area contributed by atoms with Gasteiger partial charge in [0.1, 0.15) is 0 Å². The highest BCUT2D eigenvalue weighted by Crippen LogP contribution is 2.21. The third-order valence-electron chi connectivity index (χ3n) is 2.83. The SMILES string of the molecule is CCOCCCN=C(NN)N(C)C1CCSC1. The Hall–Kier alpha value is -0.460. The van der Waals surface area contributed by atoms with E-state index >= 15 is 0 Å². The summed E-state index contributed by atoms with van der Waals surface area (Å²) in [5, 5.41) is 0. The average Bonchev–Trinajstić information content (AvgIpc) is 2.87. The number of nitrogens with zero attached hydrogens (tertiary/aromatic N) is 2. The van der Waals surface area contributed by atoms with Gasteiger partial charge in [0.2, 0.25) is 5.96 Å². The zero-order chi connectivity index (χ0) is 12.5. The summed E-state index contributed by atoms with van der Waals surface area (Å²) in [5.74, 6) is 8.70. The molecule has 1 fully saturated rings. The Morgan fingerprint density at radius 2 is 2.47 bits per heavy atom. The van der Waals surface area contributed by atoms with Gasteiger partial charge in [-0.3, -0.25) is 10.4 Å². The summed E-state index contributed by atoms with van der Waals surface area (Å²) in [6, 6.07) is 0.557. The van der Waals surface area contributed by atoms with Gasteiger partial charge in [0.15, 0.2) is 0 Å². The molecule has 100 valence electrons. The van der Waals surface area contributed by atoms with Crippen molar-refractivity contribution in [3.8, 4) is 0 Å². The molecular weight excluding hydrogens is 236 g/mol. The maximum atomic E-state index is 5.52. The first-order valence-electron chi connectivity index (χ1n) is 6.19. The van der Waals surface area contributed by atoms with Crippen LogP contribution >= 0.6 is 11.8 Å². The number of hydrogen-bond donors (Lipinski definition) is 2. The Morgan fingerprint density at radius 3 is 3.06 bits per heavy atom. The lowest BCUT2D eigenvalue weighted by Gasteiger charge is -2.26. The third kappa shape index (κ3) is 5.14. The van der Waals surface area contributed by atoms with E-state index in [9.17, 15) is 0 Å². The molecule has 0 aromatic heterocycles. The normalized spacial score (nSPS) is 20.6. The van der Waals surface area contributed by atoms with Gasteiger partial charge in [0.05, 0.1) is 0 Å². The number of thioether (sulfide) groups is 1. The molecule has 0 aromatic carbocycles. The van der Waals surface area contributed by atoms with Crippen LogP contribution in [0.5, 0.6) is 0 Å². The molecule has 1 heterocycles. The first-order chi connectivity index (χ1) is 8.29. The summed E-state index contributed by atoms with van der Waals surface area (Å²) >= 11 is 1.99. The number of rotatable bonds is 6. The van der Waals surface area contributed by atoms with E-state index in [-0.39, 0.29) is 0 Å². The summed E-state index contributed by atoms with van der Waals surface area (Å²) in [7, 11) is 2.05. The van der Waals surface area contributed by atoms with Gasteiger partial charge in [-0.1, -0.05) is 0 Å². The fraction of sp³-hybridized carbons (Fsp3) is 0.909. The molecule has 1 aliphatic rings. The second-order valence-electron chi connectivity index (χ2n) is 4.03. The quantitative estimate of drug-likeness (QED) is 0.242. The van der Waals surface area contributed by atoms with E-state index in [0.29, 0.717) is 6.04 Å². The number of nitrogens with two attached hydrogens (primary N) is 1. The summed E-state index contributed by atoms with van der Waals surface area (Å²) in [4.78, 5) is 6.63. The van der Waals surface area contributed by atoms with Crippen molar-refractivity contribution in [1.82, 2.24) is 10.3 Å². The van der Waals surface area contributed by atoms with Crippen LogP contribution < -0.4 is 11.3 Å². The van der Waals surface area contributed by atoms with E-state index in [0.717, 1.165) is 37.9 Å². The molecule has 0 radical (unpaired) electrons. The van der Waals surface area contributed by atoms with Crippen LogP contribution in [0, 0.1) is 0 Å². The first kappa shape index (κ1) is 14.6. The summed E-state index contributed by atoms with van der Waals surface area (Å²) in [5.41, 5.74) is 2.70. The zero-order valence-corrected chi connectivity index (χ0v) is 11.6. The van der Waals surface area contributed by atoms with E-state index in [1.165, 1.54) is 12.2 Å². The van der Waals surface area contributed by atoms with Gasteiger partial charge in [-0.2, -0.15) is 11.8 Å². The molecule has 6 heteroatoms. The molecule has 0 bridgehead atoms. The van der Waals surface area contributed by atoms with Crippen molar-refractivity contribution in [3.05, 3.63) is 0 Å². The summed E-state index contributed by atoms with van der Waals surface area (Å²) < 4.78 is 5.27. The van der Waals surface area contributed by atoms with Gasteiger partial charge in [0, 0.05) is 38.6 Å². The average molecular weight is 260 g/mol. The highest BCUT2D eigenvalue weighted by Gasteiger charge is 2.21. The number of aliphatic imine (C=N–C) groups is 1. The molecule has 5 nitrogen and oxygen atoms in total. The van der Waals surface area contributed by atoms with Crippen molar-refractivity contribution < 1.29 is 4.74 Å². The standard InChI is InChI=1S/C11H24N4OS/c1-3-16-7-4-6-13-11(14-12)15(2)10-5-8-17-9-10/h10H,3-9,12H2,1-2H3,(H,13,14). The van der Waals surface area contributed by atoms with Crippen LogP contribution in [0.2, 0.25) is 0 Å².